The molecular formula is C13H12N4. The fourth-order valence-corrected chi connectivity index (χ4v) is 1.83. The van der Waals surface area contributed by atoms with Crippen LogP contribution in [0.3, 0.4) is 0 Å². The number of H-pyrrole nitrogens is 1. The fraction of sp³-hybridized carbons (Fsp3) is 0.0769. The van der Waals surface area contributed by atoms with E-state index in [1.54, 1.807) is 6.20 Å². The summed E-state index contributed by atoms with van der Waals surface area (Å²) in [6.07, 6.45) is 1.72. The molecule has 3 rings (SSSR count). The average molecular weight is 224 g/mol. The van der Waals surface area contributed by atoms with Gasteiger partial charge in [0, 0.05) is 6.20 Å². The van der Waals surface area contributed by atoms with Crippen molar-refractivity contribution < 1.29 is 0 Å². The summed E-state index contributed by atoms with van der Waals surface area (Å²) >= 11 is 0. The summed E-state index contributed by atoms with van der Waals surface area (Å²) in [6, 6.07) is 13.5. The minimum atomic E-state index is -0.245. The predicted octanol–water partition coefficient (Wildman–Crippen LogP) is 2.01. The molecule has 0 saturated heterocycles. The van der Waals surface area contributed by atoms with Crippen molar-refractivity contribution in [1.29, 1.82) is 0 Å². The molecule has 1 atom stereocenters. The molecule has 1 aromatic carbocycles. The maximum atomic E-state index is 6.16. The van der Waals surface area contributed by atoms with E-state index in [2.05, 4.69) is 15.0 Å². The number of rotatable bonds is 2. The second kappa shape index (κ2) is 3.99. The maximum absolute atomic E-state index is 6.16. The molecule has 4 heteroatoms. The second-order valence-electron chi connectivity index (χ2n) is 3.88. The lowest BCUT2D eigenvalue weighted by atomic mass is 10.1. The van der Waals surface area contributed by atoms with Crippen molar-refractivity contribution in [1.82, 2.24) is 15.0 Å². The molecule has 0 aliphatic heterocycles. The summed E-state index contributed by atoms with van der Waals surface area (Å²) in [5, 5.41) is 0. The van der Waals surface area contributed by atoms with Gasteiger partial charge in [-0.25, -0.2) is 9.97 Å². The standard InChI is InChI=1S/C13H12N4/c14-11(9-5-2-1-3-6-9)13-16-10-7-4-8-15-12(10)17-13/h1-8,11H,14H2,(H,15,16,17). The number of hydrogen-bond acceptors (Lipinski definition) is 3. The first-order valence-corrected chi connectivity index (χ1v) is 5.46. The number of fused-ring (bicyclic) bond motifs is 1. The van der Waals surface area contributed by atoms with Gasteiger partial charge in [0.05, 0.1) is 11.6 Å². The number of benzene rings is 1. The molecule has 84 valence electrons. The van der Waals surface area contributed by atoms with Gasteiger partial charge in [-0.05, 0) is 17.7 Å². The van der Waals surface area contributed by atoms with Gasteiger partial charge in [0.25, 0.3) is 0 Å². The Morgan fingerprint density at radius 2 is 1.88 bits per heavy atom. The third-order valence-electron chi connectivity index (χ3n) is 2.73. The molecular weight excluding hydrogens is 212 g/mol. The summed E-state index contributed by atoms with van der Waals surface area (Å²) in [7, 11) is 0. The first-order valence-electron chi connectivity index (χ1n) is 5.46. The number of hydrogen-bond donors (Lipinski definition) is 2. The van der Waals surface area contributed by atoms with Crippen LogP contribution < -0.4 is 5.73 Å². The van der Waals surface area contributed by atoms with Crippen LogP contribution in [0.25, 0.3) is 11.2 Å². The molecule has 0 aliphatic rings. The number of aromatic nitrogens is 3. The van der Waals surface area contributed by atoms with E-state index in [0.717, 1.165) is 16.9 Å². The topological polar surface area (TPSA) is 67.6 Å². The molecule has 3 aromatic rings. The molecule has 0 aliphatic carbocycles. The smallest absolute Gasteiger partial charge is 0.177 e. The minimum absolute atomic E-state index is 0.245. The summed E-state index contributed by atoms with van der Waals surface area (Å²) < 4.78 is 0. The molecule has 0 radical (unpaired) electrons. The molecule has 17 heavy (non-hydrogen) atoms. The summed E-state index contributed by atoms with van der Waals surface area (Å²) in [5.74, 6) is 0.741. The molecule has 2 heterocycles. The lowest BCUT2D eigenvalue weighted by molar-refractivity contribution is 0.805. The quantitative estimate of drug-likeness (QED) is 0.699. The Hall–Kier alpha value is -2.20. The van der Waals surface area contributed by atoms with Crippen molar-refractivity contribution >= 4 is 11.2 Å². The van der Waals surface area contributed by atoms with Crippen LogP contribution in [0.4, 0.5) is 0 Å². The van der Waals surface area contributed by atoms with E-state index in [9.17, 15) is 0 Å². The summed E-state index contributed by atoms with van der Waals surface area (Å²) in [5.41, 5.74) is 8.81. The highest BCUT2D eigenvalue weighted by Crippen LogP contribution is 2.18. The maximum Gasteiger partial charge on any atom is 0.177 e. The van der Waals surface area contributed by atoms with E-state index in [1.165, 1.54) is 0 Å². The van der Waals surface area contributed by atoms with Gasteiger partial charge in [0.2, 0.25) is 0 Å². The molecule has 4 nitrogen and oxygen atoms in total. The Bertz CT molecular complexity index is 597. The first-order chi connectivity index (χ1) is 8.34. The molecule has 0 fully saturated rings. The first kappa shape index (κ1) is 9.99. The fourth-order valence-electron chi connectivity index (χ4n) is 1.83. The van der Waals surface area contributed by atoms with Crippen LogP contribution in [0, 0.1) is 0 Å². The normalized spacial score (nSPS) is 12.8. The van der Waals surface area contributed by atoms with Gasteiger partial charge in [-0.2, -0.15) is 0 Å². The van der Waals surface area contributed by atoms with Crippen LogP contribution in [0.2, 0.25) is 0 Å². The second-order valence-corrected chi connectivity index (χ2v) is 3.88. The van der Waals surface area contributed by atoms with Crippen molar-refractivity contribution in [2.24, 2.45) is 5.73 Å². The highest BCUT2D eigenvalue weighted by molar-refractivity contribution is 5.70. The summed E-state index contributed by atoms with van der Waals surface area (Å²) in [4.78, 5) is 11.8. The van der Waals surface area contributed by atoms with Crippen LogP contribution in [-0.4, -0.2) is 15.0 Å². The summed E-state index contributed by atoms with van der Waals surface area (Å²) in [6.45, 7) is 0. The van der Waals surface area contributed by atoms with E-state index in [1.807, 2.05) is 42.5 Å². The minimum Gasteiger partial charge on any atom is -0.339 e. The highest BCUT2D eigenvalue weighted by atomic mass is 15.0. The van der Waals surface area contributed by atoms with E-state index in [0.29, 0.717) is 5.65 Å². The van der Waals surface area contributed by atoms with E-state index in [4.69, 9.17) is 5.73 Å². The van der Waals surface area contributed by atoms with Gasteiger partial charge < -0.3 is 10.7 Å². The number of aromatic amines is 1. The van der Waals surface area contributed by atoms with Gasteiger partial charge in [-0.15, -0.1) is 0 Å². The number of nitrogens with zero attached hydrogens (tertiary/aromatic N) is 2. The lowest BCUT2D eigenvalue weighted by Crippen LogP contribution is -2.13. The van der Waals surface area contributed by atoms with Crippen LogP contribution >= 0.6 is 0 Å². The molecule has 0 saturated carbocycles. The Morgan fingerprint density at radius 1 is 1.06 bits per heavy atom. The SMILES string of the molecule is NC(c1ccccc1)c1nc2ncccc2[nH]1. The number of imidazole rings is 1. The number of pyridine rings is 1. The predicted molar refractivity (Wildman–Crippen MR) is 66.4 cm³/mol. The van der Waals surface area contributed by atoms with Crippen LogP contribution in [0.15, 0.2) is 48.7 Å². The Balaban J connectivity index is 2.04. The van der Waals surface area contributed by atoms with Gasteiger partial charge in [0.15, 0.2) is 5.65 Å². The average Bonchev–Trinajstić information content (AvgIpc) is 2.82. The molecule has 0 spiro atoms. The Kier molecular flexibility index (Phi) is 2.34. The van der Waals surface area contributed by atoms with Crippen molar-refractivity contribution in [3.63, 3.8) is 0 Å². The largest absolute Gasteiger partial charge is 0.339 e. The molecule has 0 bridgehead atoms. The third kappa shape index (κ3) is 1.79. The van der Waals surface area contributed by atoms with Gasteiger partial charge in [0.1, 0.15) is 5.82 Å². The van der Waals surface area contributed by atoms with Crippen molar-refractivity contribution in [2.75, 3.05) is 0 Å². The van der Waals surface area contributed by atoms with Crippen LogP contribution in [0.5, 0.6) is 0 Å². The van der Waals surface area contributed by atoms with Crippen molar-refractivity contribution in [3.05, 3.63) is 60.0 Å². The van der Waals surface area contributed by atoms with Crippen LogP contribution in [0.1, 0.15) is 17.4 Å². The zero-order chi connectivity index (χ0) is 11.7. The molecule has 2 aromatic heterocycles. The molecule has 3 N–H and O–H groups in total. The number of nitrogens with two attached hydrogens (primary N) is 1. The van der Waals surface area contributed by atoms with Gasteiger partial charge >= 0.3 is 0 Å². The van der Waals surface area contributed by atoms with Crippen LogP contribution in [-0.2, 0) is 0 Å². The van der Waals surface area contributed by atoms with E-state index >= 15 is 0 Å². The zero-order valence-corrected chi connectivity index (χ0v) is 9.17. The highest BCUT2D eigenvalue weighted by Gasteiger charge is 2.13. The third-order valence-corrected chi connectivity index (χ3v) is 2.73. The van der Waals surface area contributed by atoms with E-state index < -0.39 is 0 Å². The zero-order valence-electron chi connectivity index (χ0n) is 9.17. The van der Waals surface area contributed by atoms with Crippen molar-refractivity contribution in [2.45, 2.75) is 6.04 Å². The number of nitrogens with one attached hydrogen (secondary N) is 1. The van der Waals surface area contributed by atoms with E-state index in [-0.39, 0.29) is 6.04 Å². The van der Waals surface area contributed by atoms with Gasteiger partial charge in [-0.1, -0.05) is 30.3 Å². The Labute approximate surface area is 98.5 Å². The van der Waals surface area contributed by atoms with Gasteiger partial charge in [-0.3, -0.25) is 0 Å². The molecule has 0 amide bonds. The Morgan fingerprint density at radius 3 is 2.65 bits per heavy atom. The van der Waals surface area contributed by atoms with Crippen molar-refractivity contribution in [3.8, 4) is 0 Å². The monoisotopic (exact) mass is 224 g/mol. The molecule has 1 unspecified atom stereocenters. The lowest BCUT2D eigenvalue weighted by Gasteiger charge is -2.07.